The number of aromatic nitrogens is 2. The van der Waals surface area contributed by atoms with Crippen molar-refractivity contribution in [3.63, 3.8) is 0 Å². The summed E-state index contributed by atoms with van der Waals surface area (Å²) in [6.45, 7) is 0.393. The van der Waals surface area contributed by atoms with E-state index in [-0.39, 0.29) is 24.9 Å². The van der Waals surface area contributed by atoms with Crippen molar-refractivity contribution in [2.24, 2.45) is 0 Å². The predicted octanol–water partition coefficient (Wildman–Crippen LogP) is 3.65. The fourth-order valence-corrected chi connectivity index (χ4v) is 3.90. The summed E-state index contributed by atoms with van der Waals surface area (Å²) in [7, 11) is 1.59. The first-order valence-electron chi connectivity index (χ1n) is 11.0. The van der Waals surface area contributed by atoms with Gasteiger partial charge in [-0.3, -0.25) is 4.79 Å². The van der Waals surface area contributed by atoms with Crippen LogP contribution in [0.15, 0.2) is 63.7 Å². The summed E-state index contributed by atoms with van der Waals surface area (Å²) in [5.74, 6) is 2.34. The molecule has 0 saturated carbocycles. The maximum Gasteiger partial charge on any atom is 0.238 e. The number of benzene rings is 2. The number of hydrogen-bond donors (Lipinski definition) is 2. The average molecular weight is 477 g/mol. The summed E-state index contributed by atoms with van der Waals surface area (Å²) in [5.41, 5.74) is 1.41. The Morgan fingerprint density at radius 1 is 1.17 bits per heavy atom. The van der Waals surface area contributed by atoms with E-state index in [0.717, 1.165) is 5.56 Å². The summed E-state index contributed by atoms with van der Waals surface area (Å²) < 4.78 is 26.6. The Morgan fingerprint density at radius 2 is 1.97 bits per heavy atom. The van der Waals surface area contributed by atoms with Crippen molar-refractivity contribution < 1.29 is 33.1 Å². The lowest BCUT2D eigenvalue weighted by Crippen LogP contribution is -2.27. The van der Waals surface area contributed by atoms with Crippen LogP contribution in [0.1, 0.15) is 29.4 Å². The lowest BCUT2D eigenvalue weighted by atomic mass is 9.87. The number of nitrogens with zero attached hydrogens (tertiary/aromatic N) is 2. The third kappa shape index (κ3) is 4.91. The van der Waals surface area contributed by atoms with Crippen LogP contribution in [-0.2, 0) is 11.2 Å². The second-order valence-electron chi connectivity index (χ2n) is 7.88. The van der Waals surface area contributed by atoms with Crippen molar-refractivity contribution in [1.29, 1.82) is 0 Å². The first kappa shape index (κ1) is 22.3. The van der Waals surface area contributed by atoms with E-state index in [1.807, 2.05) is 24.3 Å². The molecule has 1 aliphatic heterocycles. The number of amides is 1. The molecule has 10 heteroatoms. The van der Waals surface area contributed by atoms with Gasteiger partial charge in [-0.1, -0.05) is 17.3 Å². The number of aromatic hydroxyl groups is 1. The molecule has 3 heterocycles. The number of furan rings is 1. The number of phenolic OH excluding ortho intramolecular Hbond substituents is 1. The number of carbonyl (C=O) groups excluding carboxylic acids is 1. The molecule has 0 aliphatic carbocycles. The van der Waals surface area contributed by atoms with Gasteiger partial charge in [-0.25, -0.2) is 0 Å². The zero-order valence-corrected chi connectivity index (χ0v) is 18.9. The summed E-state index contributed by atoms with van der Waals surface area (Å²) in [6.07, 6.45) is 1.99. The molecule has 35 heavy (non-hydrogen) atoms. The van der Waals surface area contributed by atoms with Gasteiger partial charge in [0.1, 0.15) is 11.5 Å². The van der Waals surface area contributed by atoms with Crippen molar-refractivity contribution in [2.45, 2.75) is 18.8 Å². The highest BCUT2D eigenvalue weighted by molar-refractivity contribution is 5.78. The predicted molar refractivity (Wildman–Crippen MR) is 122 cm³/mol. The van der Waals surface area contributed by atoms with Crippen LogP contribution in [0.5, 0.6) is 23.0 Å². The molecule has 2 aromatic carbocycles. The van der Waals surface area contributed by atoms with Crippen LogP contribution >= 0.6 is 0 Å². The highest BCUT2D eigenvalue weighted by Crippen LogP contribution is 2.43. The first-order valence-corrected chi connectivity index (χ1v) is 11.0. The van der Waals surface area contributed by atoms with Crippen LogP contribution in [0.3, 0.4) is 0 Å². The summed E-state index contributed by atoms with van der Waals surface area (Å²) in [5, 5.41) is 17.5. The molecule has 10 nitrogen and oxygen atoms in total. The third-order valence-electron chi connectivity index (χ3n) is 5.68. The normalized spacial score (nSPS) is 12.9. The third-order valence-corrected chi connectivity index (χ3v) is 5.68. The molecule has 0 fully saturated rings. The number of phenols is 1. The lowest BCUT2D eigenvalue weighted by Gasteiger charge is -2.20. The molecular formula is C25H23N3O7. The highest BCUT2D eigenvalue weighted by Gasteiger charge is 2.25. The molecule has 180 valence electrons. The maximum atomic E-state index is 12.9. The molecule has 0 spiro atoms. The van der Waals surface area contributed by atoms with Crippen LogP contribution in [0, 0.1) is 0 Å². The van der Waals surface area contributed by atoms with Crippen molar-refractivity contribution in [3.05, 3.63) is 71.8 Å². The topological polar surface area (TPSA) is 129 Å². The van der Waals surface area contributed by atoms with Crippen molar-refractivity contribution >= 4 is 5.91 Å². The number of fused-ring (bicyclic) bond motifs is 1. The van der Waals surface area contributed by atoms with Crippen LogP contribution in [0.4, 0.5) is 0 Å². The van der Waals surface area contributed by atoms with E-state index in [0.29, 0.717) is 53.3 Å². The number of ether oxygens (including phenoxy) is 3. The van der Waals surface area contributed by atoms with Crippen molar-refractivity contribution in [3.8, 4) is 34.6 Å². The minimum atomic E-state index is -0.427. The second-order valence-corrected chi connectivity index (χ2v) is 7.88. The van der Waals surface area contributed by atoms with Gasteiger partial charge >= 0.3 is 0 Å². The summed E-state index contributed by atoms with van der Waals surface area (Å²) in [6, 6.07) is 14.1. The number of rotatable bonds is 9. The Bertz CT molecular complexity index is 1300. The van der Waals surface area contributed by atoms with E-state index < -0.39 is 5.92 Å². The van der Waals surface area contributed by atoms with Gasteiger partial charge in [0.15, 0.2) is 17.3 Å². The minimum absolute atomic E-state index is 0.0270. The van der Waals surface area contributed by atoms with Crippen LogP contribution in [0.25, 0.3) is 11.6 Å². The van der Waals surface area contributed by atoms with Gasteiger partial charge in [-0.15, -0.1) is 0 Å². The molecular weight excluding hydrogens is 454 g/mol. The molecule has 0 saturated heterocycles. The molecule has 2 aromatic heterocycles. The molecule has 0 radical (unpaired) electrons. The van der Waals surface area contributed by atoms with Gasteiger partial charge in [0.05, 0.1) is 13.4 Å². The Balaban J connectivity index is 1.28. The highest BCUT2D eigenvalue weighted by atomic mass is 16.7. The number of hydrogen-bond acceptors (Lipinski definition) is 9. The van der Waals surface area contributed by atoms with Gasteiger partial charge in [0.25, 0.3) is 0 Å². The zero-order chi connectivity index (χ0) is 24.2. The minimum Gasteiger partial charge on any atom is -0.508 e. The van der Waals surface area contributed by atoms with Gasteiger partial charge in [0.2, 0.25) is 24.4 Å². The Morgan fingerprint density at radius 3 is 2.71 bits per heavy atom. The van der Waals surface area contributed by atoms with Gasteiger partial charge in [-0.05, 0) is 35.9 Å². The largest absolute Gasteiger partial charge is 0.508 e. The van der Waals surface area contributed by atoms with Gasteiger partial charge in [-0.2, -0.15) is 4.98 Å². The van der Waals surface area contributed by atoms with Crippen LogP contribution < -0.4 is 19.5 Å². The van der Waals surface area contributed by atoms with E-state index in [1.54, 1.807) is 25.3 Å². The summed E-state index contributed by atoms with van der Waals surface area (Å²) >= 11 is 0. The molecule has 1 aliphatic rings. The molecule has 1 amide bonds. The second kappa shape index (κ2) is 9.80. The molecule has 2 N–H and O–H groups in total. The number of nitrogens with one attached hydrogen (secondary N) is 1. The molecule has 1 unspecified atom stereocenters. The van der Waals surface area contributed by atoms with E-state index in [9.17, 15) is 9.90 Å². The van der Waals surface area contributed by atoms with Gasteiger partial charge in [0, 0.05) is 36.9 Å². The van der Waals surface area contributed by atoms with Crippen LogP contribution in [-0.4, -0.2) is 41.6 Å². The average Bonchev–Trinajstić information content (AvgIpc) is 3.64. The van der Waals surface area contributed by atoms with E-state index in [4.69, 9.17) is 23.2 Å². The summed E-state index contributed by atoms with van der Waals surface area (Å²) in [4.78, 5) is 17.2. The zero-order valence-electron chi connectivity index (χ0n) is 18.9. The Labute approximate surface area is 200 Å². The number of methoxy groups -OCH3 is 1. The maximum absolute atomic E-state index is 12.9. The molecule has 1 atom stereocenters. The smallest absolute Gasteiger partial charge is 0.238 e. The van der Waals surface area contributed by atoms with E-state index in [2.05, 4.69) is 15.5 Å². The standard InChI is InChI=1S/C25H23N3O7/c1-31-16-6-4-15(5-7-16)17(18-11-21-22(13-19(18)29)34-14-33-21)12-23(30)26-9-8-24-27-25(28-35-24)20-3-2-10-32-20/h2-7,10-11,13,17,29H,8-9,12,14H2,1H3,(H,26,30). The first-order chi connectivity index (χ1) is 17.1. The Kier molecular flexibility index (Phi) is 6.25. The monoisotopic (exact) mass is 477 g/mol. The number of carbonyl (C=O) groups is 1. The van der Waals surface area contributed by atoms with Gasteiger partial charge < -0.3 is 33.6 Å². The van der Waals surface area contributed by atoms with E-state index >= 15 is 0 Å². The molecule has 4 aromatic rings. The van der Waals surface area contributed by atoms with Crippen molar-refractivity contribution in [1.82, 2.24) is 15.5 Å². The van der Waals surface area contributed by atoms with Crippen molar-refractivity contribution in [2.75, 3.05) is 20.4 Å². The molecule has 0 bridgehead atoms. The quantitative estimate of drug-likeness (QED) is 0.371. The van der Waals surface area contributed by atoms with Crippen LogP contribution in [0.2, 0.25) is 0 Å². The molecule has 5 rings (SSSR count). The SMILES string of the molecule is COc1ccc(C(CC(=O)NCCc2nc(-c3ccco3)no2)c2cc3c(cc2O)OCO3)cc1. The van der Waals surface area contributed by atoms with E-state index in [1.165, 1.54) is 12.3 Å². The fraction of sp³-hybridized carbons (Fsp3) is 0.240. The lowest BCUT2D eigenvalue weighted by molar-refractivity contribution is -0.121. The fourth-order valence-electron chi connectivity index (χ4n) is 3.90. The Hall–Kier alpha value is -4.47.